The second kappa shape index (κ2) is 7.92. The van der Waals surface area contributed by atoms with Gasteiger partial charge in [-0.2, -0.15) is 0 Å². The Morgan fingerprint density at radius 2 is 1.90 bits per heavy atom. The summed E-state index contributed by atoms with van der Waals surface area (Å²) in [5.41, 5.74) is 4.15. The molecule has 1 aromatic carbocycles. The molecule has 0 radical (unpaired) electrons. The Morgan fingerprint density at radius 1 is 1.19 bits per heavy atom. The highest BCUT2D eigenvalue weighted by atomic mass is 15.2. The molecule has 21 heavy (non-hydrogen) atoms. The average molecular weight is 289 g/mol. The van der Waals surface area contributed by atoms with Gasteiger partial charge in [0.25, 0.3) is 0 Å². The first-order valence-electron chi connectivity index (χ1n) is 8.25. The molecule has 0 spiro atoms. The smallest absolute Gasteiger partial charge is 0.0446 e. The van der Waals surface area contributed by atoms with Crippen molar-refractivity contribution in [2.24, 2.45) is 0 Å². The van der Waals surface area contributed by atoms with Crippen LogP contribution in [0.4, 0.5) is 0 Å². The van der Waals surface area contributed by atoms with Crippen molar-refractivity contribution in [2.75, 3.05) is 46.8 Å². The van der Waals surface area contributed by atoms with Crippen LogP contribution in [0.1, 0.15) is 35.6 Å². The first kappa shape index (κ1) is 16.5. The van der Waals surface area contributed by atoms with E-state index in [1.807, 2.05) is 0 Å². The molecular formula is C18H31N3. The van der Waals surface area contributed by atoms with Crippen LogP contribution < -0.4 is 5.32 Å². The first-order valence-corrected chi connectivity index (χ1v) is 8.25. The second-order valence-corrected chi connectivity index (χ2v) is 6.50. The van der Waals surface area contributed by atoms with E-state index in [0.717, 1.165) is 13.1 Å². The van der Waals surface area contributed by atoms with Crippen molar-refractivity contribution >= 4 is 0 Å². The quantitative estimate of drug-likeness (QED) is 0.832. The van der Waals surface area contributed by atoms with E-state index < -0.39 is 0 Å². The fraction of sp³-hybridized carbons (Fsp3) is 0.667. The molecule has 1 aromatic rings. The molecule has 1 unspecified atom stereocenters. The highest BCUT2D eigenvalue weighted by molar-refractivity contribution is 5.31. The predicted octanol–water partition coefficient (Wildman–Crippen LogP) is 2.59. The van der Waals surface area contributed by atoms with Gasteiger partial charge in [0.15, 0.2) is 0 Å². The molecule has 0 saturated carbocycles. The molecule has 3 heteroatoms. The van der Waals surface area contributed by atoms with Gasteiger partial charge in [-0.3, -0.25) is 0 Å². The van der Waals surface area contributed by atoms with Crippen molar-refractivity contribution in [3.63, 3.8) is 0 Å². The highest BCUT2D eigenvalue weighted by Gasteiger charge is 2.15. The largest absolute Gasteiger partial charge is 0.312 e. The molecular weight excluding hydrogens is 258 g/mol. The van der Waals surface area contributed by atoms with Gasteiger partial charge >= 0.3 is 0 Å². The Labute approximate surface area is 130 Å². The fourth-order valence-corrected chi connectivity index (χ4v) is 3.07. The van der Waals surface area contributed by atoms with Crippen LogP contribution >= 0.6 is 0 Å². The molecule has 1 saturated heterocycles. The van der Waals surface area contributed by atoms with E-state index in [2.05, 4.69) is 61.3 Å². The number of likely N-dealkylation sites (tertiary alicyclic amines) is 1. The Bertz CT molecular complexity index is 438. The maximum atomic E-state index is 3.47. The van der Waals surface area contributed by atoms with Crippen LogP contribution in [0.2, 0.25) is 0 Å². The summed E-state index contributed by atoms with van der Waals surface area (Å²) in [5.74, 6) is 0. The van der Waals surface area contributed by atoms with Crippen molar-refractivity contribution < 1.29 is 0 Å². The summed E-state index contributed by atoms with van der Waals surface area (Å²) in [6, 6.07) is 7.23. The van der Waals surface area contributed by atoms with Crippen LogP contribution in [0.5, 0.6) is 0 Å². The van der Waals surface area contributed by atoms with Crippen molar-refractivity contribution in [3.05, 3.63) is 34.9 Å². The van der Waals surface area contributed by atoms with Gasteiger partial charge in [0, 0.05) is 25.7 Å². The second-order valence-electron chi connectivity index (χ2n) is 6.50. The number of hydrogen-bond acceptors (Lipinski definition) is 3. The van der Waals surface area contributed by atoms with Crippen molar-refractivity contribution in [1.29, 1.82) is 0 Å². The lowest BCUT2D eigenvalue weighted by molar-refractivity contribution is 0.241. The molecule has 118 valence electrons. The summed E-state index contributed by atoms with van der Waals surface area (Å²) in [6.45, 7) is 10.4. The molecule has 0 bridgehead atoms. The Balaban J connectivity index is 1.86. The monoisotopic (exact) mass is 289 g/mol. The van der Waals surface area contributed by atoms with Crippen molar-refractivity contribution in [2.45, 2.75) is 32.7 Å². The number of nitrogens with one attached hydrogen (secondary N) is 1. The molecule has 1 aliphatic rings. The van der Waals surface area contributed by atoms with Gasteiger partial charge in [-0.05, 0) is 70.6 Å². The molecule has 1 fully saturated rings. The summed E-state index contributed by atoms with van der Waals surface area (Å²) in [7, 11) is 4.30. The van der Waals surface area contributed by atoms with Crippen LogP contribution in [-0.4, -0.2) is 56.6 Å². The fourth-order valence-electron chi connectivity index (χ4n) is 3.07. The lowest BCUT2D eigenvalue weighted by Gasteiger charge is -2.26. The molecule has 1 N–H and O–H groups in total. The molecule has 0 aliphatic carbocycles. The van der Waals surface area contributed by atoms with Gasteiger partial charge in [-0.1, -0.05) is 18.2 Å². The van der Waals surface area contributed by atoms with E-state index in [1.165, 1.54) is 49.2 Å². The summed E-state index contributed by atoms with van der Waals surface area (Å²) < 4.78 is 0. The number of benzene rings is 1. The first-order chi connectivity index (χ1) is 10.1. The third-order valence-electron chi connectivity index (χ3n) is 4.77. The summed E-state index contributed by atoms with van der Waals surface area (Å²) >= 11 is 0. The van der Waals surface area contributed by atoms with E-state index >= 15 is 0 Å². The van der Waals surface area contributed by atoms with Crippen molar-refractivity contribution in [1.82, 2.24) is 15.1 Å². The molecule has 2 rings (SSSR count). The minimum atomic E-state index is 0.410. The normalized spacial score (nSPS) is 17.6. The zero-order chi connectivity index (χ0) is 15.2. The Morgan fingerprint density at radius 3 is 2.52 bits per heavy atom. The summed E-state index contributed by atoms with van der Waals surface area (Å²) in [6.07, 6.45) is 2.76. The molecule has 1 heterocycles. The number of hydrogen-bond donors (Lipinski definition) is 1. The van der Waals surface area contributed by atoms with Gasteiger partial charge in [0.05, 0.1) is 0 Å². The Kier molecular flexibility index (Phi) is 6.22. The van der Waals surface area contributed by atoms with Crippen LogP contribution in [-0.2, 0) is 0 Å². The molecule has 1 atom stereocenters. The van der Waals surface area contributed by atoms with Crippen molar-refractivity contribution in [3.8, 4) is 0 Å². The maximum Gasteiger partial charge on any atom is 0.0446 e. The number of nitrogens with zero attached hydrogens (tertiary/aromatic N) is 2. The van der Waals surface area contributed by atoms with Gasteiger partial charge in [0.1, 0.15) is 0 Å². The van der Waals surface area contributed by atoms with Crippen LogP contribution in [0.15, 0.2) is 18.2 Å². The number of likely N-dealkylation sites (N-methyl/N-ethyl adjacent to an activating group) is 2. The van der Waals surface area contributed by atoms with E-state index in [0.29, 0.717) is 6.04 Å². The topological polar surface area (TPSA) is 18.5 Å². The Hall–Kier alpha value is -0.900. The van der Waals surface area contributed by atoms with Crippen LogP contribution in [0.25, 0.3) is 0 Å². The summed E-state index contributed by atoms with van der Waals surface area (Å²) in [5, 5.41) is 3.47. The summed E-state index contributed by atoms with van der Waals surface area (Å²) in [4.78, 5) is 5.04. The number of rotatable bonds is 7. The van der Waals surface area contributed by atoms with Gasteiger partial charge in [-0.25, -0.2) is 0 Å². The van der Waals surface area contributed by atoms with Gasteiger partial charge < -0.3 is 15.1 Å². The minimum Gasteiger partial charge on any atom is -0.312 e. The third-order valence-corrected chi connectivity index (χ3v) is 4.77. The van der Waals surface area contributed by atoms with E-state index in [1.54, 1.807) is 0 Å². The average Bonchev–Trinajstić information content (AvgIpc) is 2.99. The van der Waals surface area contributed by atoms with Crippen LogP contribution in [0, 0.1) is 13.8 Å². The maximum absolute atomic E-state index is 3.47. The van der Waals surface area contributed by atoms with Gasteiger partial charge in [-0.15, -0.1) is 0 Å². The third kappa shape index (κ3) is 4.80. The molecule has 0 amide bonds. The lowest BCUT2D eigenvalue weighted by atomic mass is 10.0. The SMILES string of the molecule is CNC(CN(C)CCN1CCCC1)c1ccc(C)c(C)c1. The zero-order valence-corrected chi connectivity index (χ0v) is 14.2. The van der Waals surface area contributed by atoms with E-state index in [4.69, 9.17) is 0 Å². The highest BCUT2D eigenvalue weighted by Crippen LogP contribution is 2.18. The lowest BCUT2D eigenvalue weighted by Crippen LogP contribution is -2.36. The van der Waals surface area contributed by atoms with Gasteiger partial charge in [0.2, 0.25) is 0 Å². The molecule has 3 nitrogen and oxygen atoms in total. The predicted molar refractivity (Wildman–Crippen MR) is 90.9 cm³/mol. The zero-order valence-electron chi connectivity index (χ0n) is 14.2. The molecule has 0 aromatic heterocycles. The minimum absolute atomic E-state index is 0.410. The van der Waals surface area contributed by atoms with E-state index in [9.17, 15) is 0 Å². The number of aryl methyl sites for hydroxylation is 2. The standard InChI is InChI=1S/C18H31N3/c1-15-7-8-17(13-16(15)2)18(19-3)14-20(4)11-12-21-9-5-6-10-21/h7-8,13,18-19H,5-6,9-12,14H2,1-4H3. The molecule has 1 aliphatic heterocycles. The van der Waals surface area contributed by atoms with Crippen LogP contribution in [0.3, 0.4) is 0 Å². The van der Waals surface area contributed by atoms with E-state index in [-0.39, 0.29) is 0 Å².